The van der Waals surface area contributed by atoms with Crippen molar-refractivity contribution in [2.75, 3.05) is 0 Å². The quantitative estimate of drug-likeness (QED) is 0.359. The number of aryl methyl sites for hydroxylation is 4. The number of carbonyl (C=O) groups is 1. The number of aromatic amines is 1. The third-order valence-corrected chi connectivity index (χ3v) is 7.41. The fraction of sp³-hybridized carbons (Fsp3) is 0.345. The molecule has 1 saturated carbocycles. The predicted octanol–water partition coefficient (Wildman–Crippen LogP) is 5.09. The minimum Gasteiger partial charge on any atom is -0.450 e. The summed E-state index contributed by atoms with van der Waals surface area (Å²) in [7, 11) is 3.11. The molecular formula is C29H29F3N4O4. The molecule has 0 radical (unpaired) electrons. The number of aromatic nitrogens is 3. The van der Waals surface area contributed by atoms with E-state index in [1.165, 1.54) is 27.3 Å². The lowest BCUT2D eigenvalue weighted by atomic mass is 9.92. The molecule has 3 aromatic heterocycles. The maximum atomic E-state index is 13.9. The Bertz CT molecular complexity index is 1740. The van der Waals surface area contributed by atoms with Gasteiger partial charge in [0.15, 0.2) is 5.75 Å². The number of carbonyl (C=O) groups excluding carboxylic acids is 1. The first-order chi connectivity index (χ1) is 18.8. The Morgan fingerprint density at radius 3 is 2.30 bits per heavy atom. The van der Waals surface area contributed by atoms with E-state index in [1.54, 1.807) is 46.4 Å². The number of H-pyrrole nitrogens is 1. The number of fused-ring (bicyclic) bond motifs is 1. The van der Waals surface area contributed by atoms with Crippen molar-refractivity contribution in [2.45, 2.75) is 51.5 Å². The van der Waals surface area contributed by atoms with Gasteiger partial charge in [0.1, 0.15) is 22.8 Å². The number of rotatable bonds is 5. The van der Waals surface area contributed by atoms with E-state index < -0.39 is 34.8 Å². The van der Waals surface area contributed by atoms with Crippen molar-refractivity contribution in [3.8, 4) is 22.6 Å². The van der Waals surface area contributed by atoms with Crippen LogP contribution in [0.15, 0.2) is 46.2 Å². The molecule has 2 N–H and O–H groups in total. The van der Waals surface area contributed by atoms with Crippen molar-refractivity contribution in [1.29, 1.82) is 0 Å². The fourth-order valence-corrected chi connectivity index (χ4v) is 5.19. The monoisotopic (exact) mass is 554 g/mol. The summed E-state index contributed by atoms with van der Waals surface area (Å²) >= 11 is 0. The summed E-state index contributed by atoms with van der Waals surface area (Å²) in [5.41, 5.74) is 1.20. The molecule has 5 rings (SSSR count). The minimum absolute atomic E-state index is 0.0295. The highest BCUT2D eigenvalue weighted by molar-refractivity contribution is 6.03. The standard InChI is InChI=1S/C29H29F3N4O4/c1-15-11-17(30)12-16(2)24(15)40-25-19(7-10-35(3)28(25)39)21-14-36(4)27(38)23-20(21)13-22(34-23)26(37)33-18-5-8-29(31,32)9-6-18/h7,10-14,18,34H,5-6,8-9H2,1-4H3,(H,33,37). The molecule has 1 amide bonds. The van der Waals surface area contributed by atoms with Gasteiger partial charge >= 0.3 is 0 Å². The Kier molecular flexibility index (Phi) is 6.85. The van der Waals surface area contributed by atoms with Gasteiger partial charge in [0, 0.05) is 61.9 Å². The summed E-state index contributed by atoms with van der Waals surface area (Å²) in [5, 5.41) is 3.17. The van der Waals surface area contributed by atoms with Crippen molar-refractivity contribution in [3.63, 3.8) is 0 Å². The van der Waals surface area contributed by atoms with E-state index in [4.69, 9.17) is 4.74 Å². The molecule has 0 atom stereocenters. The van der Waals surface area contributed by atoms with Crippen LogP contribution in [0.5, 0.6) is 11.5 Å². The molecule has 1 aliphatic rings. The summed E-state index contributed by atoms with van der Waals surface area (Å²) < 4.78 is 49.8. The Balaban J connectivity index is 1.60. The van der Waals surface area contributed by atoms with Crippen LogP contribution in [0.2, 0.25) is 0 Å². The predicted molar refractivity (Wildman–Crippen MR) is 145 cm³/mol. The lowest BCUT2D eigenvalue weighted by molar-refractivity contribution is -0.0399. The molecule has 4 aromatic rings. The Morgan fingerprint density at radius 2 is 1.65 bits per heavy atom. The molecule has 1 aliphatic carbocycles. The molecule has 8 nitrogen and oxygen atoms in total. The van der Waals surface area contributed by atoms with Crippen molar-refractivity contribution < 1.29 is 22.7 Å². The van der Waals surface area contributed by atoms with Crippen molar-refractivity contribution >= 4 is 16.8 Å². The van der Waals surface area contributed by atoms with Crippen molar-refractivity contribution in [1.82, 2.24) is 19.4 Å². The zero-order chi connectivity index (χ0) is 28.9. The second-order valence-electron chi connectivity index (χ2n) is 10.5. The average Bonchev–Trinajstić information content (AvgIpc) is 3.33. The van der Waals surface area contributed by atoms with Gasteiger partial charge < -0.3 is 24.2 Å². The molecule has 3 heterocycles. The number of ether oxygens (including phenoxy) is 1. The number of pyridine rings is 2. The second kappa shape index (κ2) is 10.0. The SMILES string of the molecule is Cc1cc(F)cc(C)c1Oc1c(-c2cn(C)c(=O)c3[nH]c(C(=O)NC4CCC(F)(F)CC4)cc23)ccn(C)c1=O. The first kappa shape index (κ1) is 27.3. The molecular weight excluding hydrogens is 525 g/mol. The number of halogens is 3. The van der Waals surface area contributed by atoms with Gasteiger partial charge in [-0.05, 0) is 62.1 Å². The van der Waals surface area contributed by atoms with Gasteiger partial charge in [0.25, 0.3) is 17.0 Å². The van der Waals surface area contributed by atoms with Gasteiger partial charge in [-0.3, -0.25) is 14.4 Å². The first-order valence-electron chi connectivity index (χ1n) is 12.9. The third-order valence-electron chi connectivity index (χ3n) is 7.41. The molecule has 1 fully saturated rings. The van der Waals surface area contributed by atoms with E-state index in [0.717, 1.165) is 0 Å². The zero-order valence-electron chi connectivity index (χ0n) is 22.5. The van der Waals surface area contributed by atoms with Gasteiger partial charge in [-0.2, -0.15) is 0 Å². The molecule has 210 valence electrons. The van der Waals surface area contributed by atoms with Crippen LogP contribution in [-0.2, 0) is 14.1 Å². The normalized spacial score (nSPS) is 15.4. The van der Waals surface area contributed by atoms with Crippen LogP contribution < -0.4 is 21.2 Å². The second-order valence-corrected chi connectivity index (χ2v) is 10.5. The van der Waals surface area contributed by atoms with Gasteiger partial charge in [-0.15, -0.1) is 0 Å². The van der Waals surface area contributed by atoms with Crippen LogP contribution in [0.1, 0.15) is 47.3 Å². The summed E-state index contributed by atoms with van der Waals surface area (Å²) in [6.45, 7) is 3.35. The number of benzene rings is 1. The van der Waals surface area contributed by atoms with E-state index in [9.17, 15) is 27.6 Å². The molecule has 0 spiro atoms. The van der Waals surface area contributed by atoms with Gasteiger partial charge in [-0.25, -0.2) is 13.2 Å². The number of hydrogen-bond acceptors (Lipinski definition) is 4. The summed E-state index contributed by atoms with van der Waals surface area (Å²) in [5.74, 6) is -3.36. The molecule has 0 unspecified atom stereocenters. The summed E-state index contributed by atoms with van der Waals surface area (Å²) in [4.78, 5) is 42.2. The average molecular weight is 555 g/mol. The molecule has 0 saturated heterocycles. The maximum Gasteiger partial charge on any atom is 0.293 e. The van der Waals surface area contributed by atoms with Gasteiger partial charge in [0.2, 0.25) is 5.92 Å². The Morgan fingerprint density at radius 1 is 1.00 bits per heavy atom. The van der Waals surface area contributed by atoms with Gasteiger partial charge in [0.05, 0.1) is 0 Å². The number of amides is 1. The largest absolute Gasteiger partial charge is 0.450 e. The van der Waals surface area contributed by atoms with Crippen molar-refractivity contribution in [2.24, 2.45) is 14.1 Å². The smallest absolute Gasteiger partial charge is 0.293 e. The van der Waals surface area contributed by atoms with Gasteiger partial charge in [-0.1, -0.05) is 0 Å². The van der Waals surface area contributed by atoms with E-state index in [-0.39, 0.29) is 42.6 Å². The zero-order valence-corrected chi connectivity index (χ0v) is 22.5. The van der Waals surface area contributed by atoms with E-state index in [0.29, 0.717) is 33.4 Å². The maximum absolute atomic E-state index is 13.9. The first-order valence-corrected chi connectivity index (χ1v) is 12.9. The lowest BCUT2D eigenvalue weighted by Crippen LogP contribution is -2.40. The van der Waals surface area contributed by atoms with Crippen LogP contribution in [0, 0.1) is 19.7 Å². The van der Waals surface area contributed by atoms with Crippen LogP contribution in [0.3, 0.4) is 0 Å². The number of hydrogen-bond donors (Lipinski definition) is 2. The van der Waals surface area contributed by atoms with E-state index >= 15 is 0 Å². The Hall–Kier alpha value is -4.28. The lowest BCUT2D eigenvalue weighted by Gasteiger charge is -2.28. The number of nitrogens with one attached hydrogen (secondary N) is 2. The van der Waals surface area contributed by atoms with Crippen LogP contribution in [0.4, 0.5) is 13.2 Å². The van der Waals surface area contributed by atoms with Crippen LogP contribution in [-0.4, -0.2) is 32.0 Å². The topological polar surface area (TPSA) is 98.1 Å². The third kappa shape index (κ3) is 5.03. The molecule has 1 aromatic carbocycles. The van der Waals surface area contributed by atoms with E-state index in [1.807, 2.05) is 0 Å². The number of alkyl halides is 2. The summed E-state index contributed by atoms with van der Waals surface area (Å²) in [6.07, 6.45) is 2.83. The fourth-order valence-electron chi connectivity index (χ4n) is 5.19. The number of nitrogens with zero attached hydrogens (tertiary/aromatic N) is 2. The molecule has 0 aliphatic heterocycles. The van der Waals surface area contributed by atoms with Crippen LogP contribution >= 0.6 is 0 Å². The van der Waals surface area contributed by atoms with E-state index in [2.05, 4.69) is 10.3 Å². The minimum atomic E-state index is -2.72. The molecule has 0 bridgehead atoms. The highest BCUT2D eigenvalue weighted by Gasteiger charge is 2.35. The highest BCUT2D eigenvalue weighted by atomic mass is 19.3. The highest BCUT2D eigenvalue weighted by Crippen LogP contribution is 2.37. The molecule has 40 heavy (non-hydrogen) atoms. The molecule has 11 heteroatoms. The Labute approximate surface area is 227 Å². The van der Waals surface area contributed by atoms with Crippen LogP contribution in [0.25, 0.3) is 22.0 Å². The summed E-state index contributed by atoms with van der Waals surface area (Å²) in [6, 6.07) is 5.39. The van der Waals surface area contributed by atoms with Crippen molar-refractivity contribution in [3.05, 3.63) is 80.0 Å².